The molecule has 0 spiro atoms. The maximum absolute atomic E-state index is 14.0. The second-order valence-electron chi connectivity index (χ2n) is 10.6. The van der Waals surface area contributed by atoms with Crippen LogP contribution in [0.5, 0.6) is 0 Å². The Morgan fingerprint density at radius 1 is 1.09 bits per heavy atom. The van der Waals surface area contributed by atoms with Gasteiger partial charge in [-0.3, -0.25) is 9.69 Å². The van der Waals surface area contributed by atoms with Gasteiger partial charge >= 0.3 is 18.0 Å². The number of rotatable bonds is 9. The molecule has 12 nitrogen and oxygen atoms in total. The monoisotopic (exact) mass is 627 g/mol. The van der Waals surface area contributed by atoms with Crippen molar-refractivity contribution in [1.29, 1.82) is 5.26 Å². The second kappa shape index (κ2) is 13.3. The predicted molar refractivity (Wildman–Crippen MR) is 156 cm³/mol. The Morgan fingerprint density at radius 3 is 2.38 bits per heavy atom. The first-order valence-corrected chi connectivity index (χ1v) is 13.8. The Kier molecular flexibility index (Phi) is 9.67. The number of allylic oxidation sites excluding steroid dienone is 2. The highest BCUT2D eigenvalue weighted by Gasteiger charge is 2.40. The lowest BCUT2D eigenvalue weighted by Crippen LogP contribution is -2.39. The Bertz CT molecular complexity index is 1700. The molecule has 0 saturated heterocycles. The highest BCUT2D eigenvalue weighted by molar-refractivity contribution is 5.76. The number of alkyl halides is 3. The van der Waals surface area contributed by atoms with E-state index in [0.29, 0.717) is 24.1 Å². The predicted octanol–water partition coefficient (Wildman–Crippen LogP) is 4.10. The van der Waals surface area contributed by atoms with E-state index in [1.54, 1.807) is 19.2 Å². The summed E-state index contributed by atoms with van der Waals surface area (Å²) < 4.78 is 53.5. The van der Waals surface area contributed by atoms with Crippen LogP contribution in [0, 0.1) is 11.3 Å². The molecule has 238 valence electrons. The summed E-state index contributed by atoms with van der Waals surface area (Å²) in [5.41, 5.74) is -0.929. The molecule has 1 aliphatic rings. The molecule has 0 N–H and O–H groups in total. The van der Waals surface area contributed by atoms with E-state index in [9.17, 15) is 32.8 Å². The Labute approximate surface area is 257 Å². The van der Waals surface area contributed by atoms with E-state index in [0.717, 1.165) is 35.0 Å². The minimum Gasteiger partial charge on any atom is -0.437 e. The lowest BCUT2D eigenvalue weighted by molar-refractivity contribution is -0.137. The number of benzene rings is 2. The number of amides is 1. The molecule has 2 aromatic carbocycles. The summed E-state index contributed by atoms with van der Waals surface area (Å²) in [4.78, 5) is 44.3. The molecule has 0 aliphatic carbocycles. The minimum atomic E-state index is -4.68. The molecule has 3 aromatic rings. The van der Waals surface area contributed by atoms with Gasteiger partial charge in [0.05, 0.1) is 30.0 Å². The summed E-state index contributed by atoms with van der Waals surface area (Å²) >= 11 is 0. The number of halogens is 3. The number of likely N-dealkylation sites (N-methyl/N-ethyl adjacent to an activating group) is 1. The molecule has 15 heteroatoms. The SMILES string of the molecule is COC(=O)OC1=C(C)N(c2cccc(C(F)(F)F)c2)c2nn(CC(=O)N(C)CCCN(C)C)c(=O)n2C1c1ccc(C#N)cc1. The number of fused-ring (bicyclic) bond motifs is 1. The van der Waals surface area contributed by atoms with Crippen molar-refractivity contribution >= 4 is 23.7 Å². The summed E-state index contributed by atoms with van der Waals surface area (Å²) in [5, 5.41) is 13.7. The summed E-state index contributed by atoms with van der Waals surface area (Å²) in [6, 6.07) is 11.3. The van der Waals surface area contributed by atoms with Crippen molar-refractivity contribution in [1.82, 2.24) is 24.1 Å². The van der Waals surface area contributed by atoms with Gasteiger partial charge < -0.3 is 19.3 Å². The fraction of sp³-hybridized carbons (Fsp3) is 0.367. The highest BCUT2D eigenvalue weighted by atomic mass is 19.4. The summed E-state index contributed by atoms with van der Waals surface area (Å²) in [7, 11) is 6.50. The number of hydrogen-bond acceptors (Lipinski definition) is 9. The largest absolute Gasteiger partial charge is 0.513 e. The number of aromatic nitrogens is 3. The molecular weight excluding hydrogens is 595 g/mol. The maximum atomic E-state index is 14.0. The molecule has 45 heavy (non-hydrogen) atoms. The first kappa shape index (κ1) is 32.8. The third-order valence-corrected chi connectivity index (χ3v) is 7.21. The van der Waals surface area contributed by atoms with Crippen LogP contribution in [0.15, 0.2) is 64.8 Å². The molecule has 0 bridgehead atoms. The quantitative estimate of drug-likeness (QED) is 0.323. The van der Waals surface area contributed by atoms with Gasteiger partial charge in [0, 0.05) is 19.3 Å². The van der Waals surface area contributed by atoms with E-state index < -0.39 is 42.1 Å². The molecule has 1 aromatic heterocycles. The fourth-order valence-corrected chi connectivity index (χ4v) is 4.90. The third kappa shape index (κ3) is 7.01. The van der Waals surface area contributed by atoms with Gasteiger partial charge in [0.15, 0.2) is 5.76 Å². The van der Waals surface area contributed by atoms with Crippen LogP contribution in [0.4, 0.5) is 29.6 Å². The lowest BCUT2D eigenvalue weighted by Gasteiger charge is -2.35. The third-order valence-electron chi connectivity index (χ3n) is 7.21. The minimum absolute atomic E-state index is 0.0305. The molecule has 2 heterocycles. The van der Waals surface area contributed by atoms with Crippen molar-refractivity contribution in [2.24, 2.45) is 0 Å². The van der Waals surface area contributed by atoms with Gasteiger partial charge in [-0.05, 0) is 69.9 Å². The number of anilines is 2. The molecule has 1 atom stereocenters. The van der Waals surface area contributed by atoms with Gasteiger partial charge in [0.1, 0.15) is 12.6 Å². The zero-order valence-corrected chi connectivity index (χ0v) is 25.3. The molecule has 4 rings (SSSR count). The van der Waals surface area contributed by atoms with Crippen molar-refractivity contribution in [3.05, 3.63) is 87.2 Å². The van der Waals surface area contributed by atoms with Crippen LogP contribution in [0.25, 0.3) is 0 Å². The van der Waals surface area contributed by atoms with E-state index in [4.69, 9.17) is 9.47 Å². The molecule has 0 fully saturated rings. The Morgan fingerprint density at radius 2 is 1.78 bits per heavy atom. The number of ether oxygens (including phenoxy) is 2. The van der Waals surface area contributed by atoms with Crippen molar-refractivity contribution in [3.8, 4) is 6.07 Å². The number of carbonyl (C=O) groups is 2. The summed E-state index contributed by atoms with van der Waals surface area (Å²) in [5.74, 6) is -0.667. The second-order valence-corrected chi connectivity index (χ2v) is 10.6. The number of carbonyl (C=O) groups excluding carboxylic acids is 2. The van der Waals surface area contributed by atoms with Gasteiger partial charge in [-0.2, -0.15) is 18.4 Å². The van der Waals surface area contributed by atoms with E-state index in [-0.39, 0.29) is 23.1 Å². The van der Waals surface area contributed by atoms with Gasteiger partial charge in [0.25, 0.3) is 0 Å². The topological polar surface area (TPSA) is 126 Å². The number of nitrogens with zero attached hydrogens (tertiary/aromatic N) is 7. The Hall–Kier alpha value is -5.10. The number of methoxy groups -OCH3 is 1. The molecule has 0 radical (unpaired) electrons. The van der Waals surface area contributed by atoms with Crippen LogP contribution in [-0.2, 0) is 27.0 Å². The van der Waals surface area contributed by atoms with Gasteiger partial charge in [-0.1, -0.05) is 18.2 Å². The first-order valence-electron chi connectivity index (χ1n) is 13.8. The van der Waals surface area contributed by atoms with Gasteiger partial charge in [-0.25, -0.2) is 18.8 Å². The zero-order chi connectivity index (χ0) is 33.1. The van der Waals surface area contributed by atoms with Gasteiger partial charge in [-0.15, -0.1) is 5.10 Å². The van der Waals surface area contributed by atoms with Crippen molar-refractivity contribution in [2.45, 2.75) is 32.1 Å². The van der Waals surface area contributed by atoms with E-state index >= 15 is 0 Å². The molecule has 1 aliphatic heterocycles. The van der Waals surface area contributed by atoms with Crippen LogP contribution in [-0.4, -0.2) is 77.6 Å². The average molecular weight is 628 g/mol. The van der Waals surface area contributed by atoms with Crippen LogP contribution >= 0.6 is 0 Å². The number of nitriles is 1. The summed E-state index contributed by atoms with van der Waals surface area (Å²) in [6.45, 7) is 2.19. The summed E-state index contributed by atoms with van der Waals surface area (Å²) in [6.07, 6.45) is -5.13. The average Bonchev–Trinajstić information content (AvgIpc) is 3.31. The molecular formula is C30H32F3N7O5. The molecule has 0 saturated carbocycles. The van der Waals surface area contributed by atoms with Crippen LogP contribution in [0.1, 0.15) is 36.1 Å². The maximum Gasteiger partial charge on any atom is 0.513 e. The Balaban J connectivity index is 1.91. The standard InChI is InChI=1S/C30H32F3N7O5/c1-19-26(45-29(43)44-5)25(21-12-10-20(17-34)11-13-21)40-27(39(19)23-9-6-8-22(16-23)30(31,32)33)35-38(28(40)42)18-24(41)37(4)15-7-14-36(2)3/h6,8-13,16,25H,7,14-15,18H2,1-5H3. The number of hydrogen-bond donors (Lipinski definition) is 0. The lowest BCUT2D eigenvalue weighted by atomic mass is 10.00. The zero-order valence-electron chi connectivity index (χ0n) is 25.3. The van der Waals surface area contributed by atoms with E-state index in [1.165, 1.54) is 41.0 Å². The van der Waals surface area contributed by atoms with Crippen LogP contribution in [0.2, 0.25) is 0 Å². The fourth-order valence-electron chi connectivity index (χ4n) is 4.90. The molecule has 1 amide bonds. The normalized spacial score (nSPS) is 14.7. The molecule has 1 unspecified atom stereocenters. The van der Waals surface area contributed by atoms with E-state index in [2.05, 4.69) is 5.10 Å². The van der Waals surface area contributed by atoms with Crippen LogP contribution < -0.4 is 10.6 Å². The van der Waals surface area contributed by atoms with Crippen molar-refractivity contribution < 1.29 is 32.2 Å². The van der Waals surface area contributed by atoms with Crippen molar-refractivity contribution in [2.75, 3.05) is 46.2 Å². The van der Waals surface area contributed by atoms with Crippen LogP contribution in [0.3, 0.4) is 0 Å². The smallest absolute Gasteiger partial charge is 0.437 e. The highest BCUT2D eigenvalue weighted by Crippen LogP contribution is 2.43. The van der Waals surface area contributed by atoms with Gasteiger partial charge in [0.2, 0.25) is 11.9 Å². The van der Waals surface area contributed by atoms with Crippen molar-refractivity contribution in [3.63, 3.8) is 0 Å². The van der Waals surface area contributed by atoms with E-state index in [1.807, 2.05) is 25.1 Å². The first-order chi connectivity index (χ1) is 21.3.